The molecule has 1 saturated heterocycles. The van der Waals surface area contributed by atoms with E-state index in [0.717, 1.165) is 56.7 Å². The van der Waals surface area contributed by atoms with Crippen molar-refractivity contribution in [1.29, 1.82) is 0 Å². The molecule has 164 valence electrons. The second-order valence-corrected chi connectivity index (χ2v) is 8.20. The highest BCUT2D eigenvalue weighted by Gasteiger charge is 2.41. The van der Waals surface area contributed by atoms with Crippen LogP contribution in [-0.2, 0) is 14.3 Å². The van der Waals surface area contributed by atoms with Crippen LogP contribution in [0.25, 0.3) is 5.57 Å². The van der Waals surface area contributed by atoms with Crippen molar-refractivity contribution in [2.24, 2.45) is 5.92 Å². The molecule has 0 atom stereocenters. The van der Waals surface area contributed by atoms with E-state index >= 15 is 0 Å². The minimum absolute atomic E-state index is 0.172. The van der Waals surface area contributed by atoms with Crippen LogP contribution >= 0.6 is 0 Å². The zero-order valence-corrected chi connectivity index (χ0v) is 18.5. The summed E-state index contributed by atoms with van der Waals surface area (Å²) < 4.78 is 10.9. The fourth-order valence-electron chi connectivity index (χ4n) is 3.98. The van der Waals surface area contributed by atoms with Gasteiger partial charge in [-0.1, -0.05) is 32.4 Å². The fourth-order valence-corrected chi connectivity index (χ4v) is 3.98. The normalized spacial score (nSPS) is 18.0. The molecule has 2 aliphatic rings. The minimum Gasteiger partial charge on any atom is -0.497 e. The molecule has 0 aromatic heterocycles. The summed E-state index contributed by atoms with van der Waals surface area (Å²) in [6, 6.07) is 7.40. The maximum absolute atomic E-state index is 13.3. The van der Waals surface area contributed by atoms with E-state index in [9.17, 15) is 9.59 Å². The summed E-state index contributed by atoms with van der Waals surface area (Å²) in [6.45, 7) is 7.66. The van der Waals surface area contributed by atoms with Crippen LogP contribution in [0.3, 0.4) is 0 Å². The summed E-state index contributed by atoms with van der Waals surface area (Å²) in [5, 5.41) is 0. The van der Waals surface area contributed by atoms with Crippen molar-refractivity contribution in [2.75, 3.05) is 40.0 Å². The van der Waals surface area contributed by atoms with Crippen molar-refractivity contribution < 1.29 is 19.1 Å². The molecule has 1 fully saturated rings. The van der Waals surface area contributed by atoms with Crippen molar-refractivity contribution in [3.8, 4) is 5.75 Å². The molecule has 0 unspecified atom stereocenters. The second kappa shape index (κ2) is 10.6. The lowest BCUT2D eigenvalue weighted by atomic mass is 9.97. The molecule has 0 radical (unpaired) electrons. The Hall–Kier alpha value is -2.34. The van der Waals surface area contributed by atoms with Crippen LogP contribution in [-0.4, -0.2) is 61.6 Å². The molecular weight excluding hydrogens is 380 g/mol. The maximum atomic E-state index is 13.3. The lowest BCUT2D eigenvalue weighted by molar-refractivity contribution is -0.137. The molecule has 6 heteroatoms. The largest absolute Gasteiger partial charge is 0.497 e. The third kappa shape index (κ3) is 5.04. The molecule has 2 heterocycles. The van der Waals surface area contributed by atoms with E-state index in [-0.39, 0.29) is 11.8 Å². The Morgan fingerprint density at radius 2 is 1.67 bits per heavy atom. The van der Waals surface area contributed by atoms with E-state index in [1.165, 1.54) is 4.90 Å². The van der Waals surface area contributed by atoms with Gasteiger partial charge in [0, 0.05) is 32.8 Å². The molecule has 0 saturated carbocycles. The van der Waals surface area contributed by atoms with Gasteiger partial charge in [0.05, 0.1) is 12.7 Å². The lowest BCUT2D eigenvalue weighted by Crippen LogP contribution is -2.39. The van der Waals surface area contributed by atoms with Crippen LogP contribution in [0.1, 0.15) is 51.5 Å². The molecule has 30 heavy (non-hydrogen) atoms. The van der Waals surface area contributed by atoms with Gasteiger partial charge in [0.25, 0.3) is 11.8 Å². The van der Waals surface area contributed by atoms with Gasteiger partial charge in [-0.2, -0.15) is 0 Å². The molecular formula is C24H34N2O4. The zero-order chi connectivity index (χ0) is 21.5. The molecule has 0 aliphatic carbocycles. The molecule has 1 aromatic carbocycles. The van der Waals surface area contributed by atoms with Crippen LogP contribution in [0, 0.1) is 5.92 Å². The number of imide groups is 1. The number of methoxy groups -OCH3 is 1. The van der Waals surface area contributed by atoms with Gasteiger partial charge in [-0.25, -0.2) is 0 Å². The Morgan fingerprint density at radius 3 is 2.30 bits per heavy atom. The molecule has 0 spiro atoms. The summed E-state index contributed by atoms with van der Waals surface area (Å²) in [7, 11) is 1.61. The monoisotopic (exact) mass is 414 g/mol. The van der Waals surface area contributed by atoms with Crippen molar-refractivity contribution in [2.45, 2.75) is 46.0 Å². The van der Waals surface area contributed by atoms with E-state index in [0.29, 0.717) is 36.8 Å². The Kier molecular flexibility index (Phi) is 7.91. The molecule has 0 N–H and O–H groups in total. The Bertz CT molecular complexity index is 764. The number of rotatable bonds is 10. The van der Waals surface area contributed by atoms with Gasteiger partial charge in [0.15, 0.2) is 0 Å². The smallest absolute Gasteiger partial charge is 0.277 e. The van der Waals surface area contributed by atoms with E-state index < -0.39 is 0 Å². The Morgan fingerprint density at radius 1 is 1.00 bits per heavy atom. The van der Waals surface area contributed by atoms with Crippen molar-refractivity contribution in [3.05, 3.63) is 35.5 Å². The number of ether oxygens (including phenoxy) is 2. The van der Waals surface area contributed by atoms with Gasteiger partial charge >= 0.3 is 0 Å². The zero-order valence-electron chi connectivity index (χ0n) is 18.5. The highest BCUT2D eigenvalue weighted by atomic mass is 16.5. The summed E-state index contributed by atoms with van der Waals surface area (Å²) >= 11 is 0. The van der Waals surface area contributed by atoms with Crippen LogP contribution in [0.5, 0.6) is 5.75 Å². The number of unbranched alkanes of at least 4 members (excludes halogenated alkanes) is 1. The standard InChI is InChI=1S/C24H34N2O4/c1-4-5-16-30-17-6-13-26-23(27)21(19-7-9-20(29-3)10-8-19)22(24(26)28)25-14-11-18(2)12-15-25/h7-10,18H,4-6,11-17H2,1-3H3. The van der Waals surface area contributed by atoms with Crippen molar-refractivity contribution in [3.63, 3.8) is 0 Å². The van der Waals surface area contributed by atoms with E-state index in [1.54, 1.807) is 7.11 Å². The quantitative estimate of drug-likeness (QED) is 0.431. The van der Waals surface area contributed by atoms with Crippen LogP contribution < -0.4 is 4.74 Å². The number of carbonyl (C=O) groups is 2. The predicted octanol–water partition coefficient (Wildman–Crippen LogP) is 3.71. The van der Waals surface area contributed by atoms with Crippen molar-refractivity contribution >= 4 is 17.4 Å². The minimum atomic E-state index is -0.202. The number of hydrogen-bond acceptors (Lipinski definition) is 5. The number of carbonyl (C=O) groups excluding carboxylic acids is 2. The molecule has 1 aromatic rings. The van der Waals surface area contributed by atoms with Gasteiger partial charge in [-0.3, -0.25) is 14.5 Å². The Balaban J connectivity index is 1.79. The molecule has 6 nitrogen and oxygen atoms in total. The first-order valence-corrected chi connectivity index (χ1v) is 11.1. The van der Waals surface area contributed by atoms with Gasteiger partial charge in [0.2, 0.25) is 0 Å². The van der Waals surface area contributed by atoms with E-state index in [4.69, 9.17) is 9.47 Å². The number of likely N-dealkylation sites (tertiary alicyclic amines) is 1. The highest BCUT2D eigenvalue weighted by Crippen LogP contribution is 2.34. The first-order valence-electron chi connectivity index (χ1n) is 11.1. The van der Waals surface area contributed by atoms with E-state index in [2.05, 4.69) is 18.7 Å². The maximum Gasteiger partial charge on any atom is 0.277 e. The number of piperidine rings is 1. The summed E-state index contributed by atoms with van der Waals surface area (Å²) in [6.07, 6.45) is 4.85. The number of amides is 2. The van der Waals surface area contributed by atoms with Crippen LogP contribution in [0.2, 0.25) is 0 Å². The average Bonchev–Trinajstić information content (AvgIpc) is 3.01. The molecule has 2 aliphatic heterocycles. The number of hydrogen-bond donors (Lipinski definition) is 0. The van der Waals surface area contributed by atoms with Gasteiger partial charge in [-0.05, 0) is 49.3 Å². The molecule has 3 rings (SSSR count). The third-order valence-corrected chi connectivity index (χ3v) is 5.93. The summed E-state index contributed by atoms with van der Waals surface area (Å²) in [5.41, 5.74) is 1.84. The first kappa shape index (κ1) is 22.3. The predicted molar refractivity (Wildman–Crippen MR) is 117 cm³/mol. The number of benzene rings is 1. The highest BCUT2D eigenvalue weighted by molar-refractivity contribution is 6.35. The average molecular weight is 415 g/mol. The first-order chi connectivity index (χ1) is 14.6. The van der Waals surface area contributed by atoms with Crippen molar-refractivity contribution in [1.82, 2.24) is 9.80 Å². The van der Waals surface area contributed by atoms with Gasteiger partial charge < -0.3 is 14.4 Å². The lowest BCUT2D eigenvalue weighted by Gasteiger charge is -2.32. The molecule has 2 amide bonds. The van der Waals surface area contributed by atoms with Crippen LogP contribution in [0.4, 0.5) is 0 Å². The molecule has 0 bridgehead atoms. The Labute approximate surface area is 179 Å². The van der Waals surface area contributed by atoms with Gasteiger partial charge in [0.1, 0.15) is 11.4 Å². The van der Waals surface area contributed by atoms with Crippen LogP contribution in [0.15, 0.2) is 30.0 Å². The topological polar surface area (TPSA) is 59.1 Å². The number of nitrogens with zero attached hydrogens (tertiary/aromatic N) is 2. The summed E-state index contributed by atoms with van der Waals surface area (Å²) in [4.78, 5) is 30.1. The SMILES string of the molecule is CCCCOCCCN1C(=O)C(c2ccc(OC)cc2)=C(N2CCC(C)CC2)C1=O. The second-order valence-electron chi connectivity index (χ2n) is 8.20. The van der Waals surface area contributed by atoms with Gasteiger partial charge in [-0.15, -0.1) is 0 Å². The van der Waals surface area contributed by atoms with E-state index in [1.807, 2.05) is 24.3 Å². The fraction of sp³-hybridized carbons (Fsp3) is 0.583. The summed E-state index contributed by atoms with van der Waals surface area (Å²) in [5.74, 6) is 1.00. The third-order valence-electron chi connectivity index (χ3n) is 5.93.